The SMILES string of the molecule is O=C1OC(CCCC(F)F)c2ccc(Br)cc21. The van der Waals surface area contributed by atoms with Gasteiger partial charge in [-0.15, -0.1) is 0 Å². The molecular formula is C12H11BrF2O2. The Hall–Kier alpha value is -0.970. The molecule has 0 N–H and O–H groups in total. The van der Waals surface area contributed by atoms with Gasteiger partial charge in [0.25, 0.3) is 0 Å². The summed E-state index contributed by atoms with van der Waals surface area (Å²) in [6, 6.07) is 5.32. The zero-order chi connectivity index (χ0) is 12.4. The highest BCUT2D eigenvalue weighted by atomic mass is 79.9. The smallest absolute Gasteiger partial charge is 0.339 e. The lowest BCUT2D eigenvalue weighted by atomic mass is 10.0. The summed E-state index contributed by atoms with van der Waals surface area (Å²) in [7, 11) is 0. The summed E-state index contributed by atoms with van der Waals surface area (Å²) in [6.45, 7) is 0. The molecule has 1 atom stereocenters. The number of cyclic esters (lactones) is 1. The molecule has 0 aliphatic carbocycles. The molecule has 5 heteroatoms. The molecule has 0 radical (unpaired) electrons. The number of fused-ring (bicyclic) bond motifs is 1. The molecule has 1 unspecified atom stereocenters. The van der Waals surface area contributed by atoms with Crippen LogP contribution in [0.4, 0.5) is 8.78 Å². The Bertz CT molecular complexity index is 435. The zero-order valence-corrected chi connectivity index (χ0v) is 10.5. The van der Waals surface area contributed by atoms with Gasteiger partial charge >= 0.3 is 5.97 Å². The quantitative estimate of drug-likeness (QED) is 0.783. The second kappa shape index (κ2) is 5.12. The van der Waals surface area contributed by atoms with Crippen molar-refractivity contribution in [2.45, 2.75) is 31.8 Å². The summed E-state index contributed by atoms with van der Waals surface area (Å²) in [5.74, 6) is -0.372. The summed E-state index contributed by atoms with van der Waals surface area (Å²) in [6.07, 6.45) is -2.02. The molecule has 0 spiro atoms. The van der Waals surface area contributed by atoms with E-state index in [9.17, 15) is 13.6 Å². The number of carbonyl (C=O) groups excluding carboxylic acids is 1. The summed E-state index contributed by atoms with van der Waals surface area (Å²) < 4.78 is 30.0. The molecule has 0 fully saturated rings. The fourth-order valence-electron chi connectivity index (χ4n) is 1.91. The standard InChI is InChI=1S/C12H11BrF2O2/c13-7-4-5-8-9(6-7)12(16)17-10(8)2-1-3-11(14)15/h4-6,10-11H,1-3H2. The largest absolute Gasteiger partial charge is 0.454 e. The predicted molar refractivity (Wildman–Crippen MR) is 62.2 cm³/mol. The topological polar surface area (TPSA) is 26.3 Å². The van der Waals surface area contributed by atoms with Crippen LogP contribution in [0, 0.1) is 0 Å². The van der Waals surface area contributed by atoms with Crippen LogP contribution in [0.1, 0.15) is 41.3 Å². The number of rotatable bonds is 4. The Morgan fingerprint density at radius 1 is 1.41 bits per heavy atom. The van der Waals surface area contributed by atoms with Crippen molar-refractivity contribution in [2.24, 2.45) is 0 Å². The van der Waals surface area contributed by atoms with E-state index < -0.39 is 6.43 Å². The Morgan fingerprint density at radius 3 is 2.88 bits per heavy atom. The van der Waals surface area contributed by atoms with Crippen molar-refractivity contribution in [3.8, 4) is 0 Å². The Labute approximate surface area is 106 Å². The molecule has 0 saturated heterocycles. The summed E-state index contributed by atoms with van der Waals surface area (Å²) >= 11 is 3.28. The van der Waals surface area contributed by atoms with E-state index in [1.807, 2.05) is 6.07 Å². The van der Waals surface area contributed by atoms with Gasteiger partial charge in [-0.05, 0) is 25.0 Å². The molecule has 0 bridgehead atoms. The van der Waals surface area contributed by atoms with Gasteiger partial charge < -0.3 is 4.74 Å². The van der Waals surface area contributed by atoms with Crippen LogP contribution in [-0.2, 0) is 4.74 Å². The first-order chi connectivity index (χ1) is 8.08. The maximum Gasteiger partial charge on any atom is 0.339 e. The number of alkyl halides is 2. The van der Waals surface area contributed by atoms with Crippen LogP contribution in [-0.4, -0.2) is 12.4 Å². The van der Waals surface area contributed by atoms with Gasteiger partial charge in [-0.25, -0.2) is 13.6 Å². The molecule has 2 rings (SSSR count). The molecule has 0 aromatic heterocycles. The van der Waals surface area contributed by atoms with E-state index in [-0.39, 0.29) is 18.5 Å². The molecular weight excluding hydrogens is 294 g/mol. The fraction of sp³-hybridized carbons (Fsp3) is 0.417. The maximum atomic E-state index is 12.0. The fourth-order valence-corrected chi connectivity index (χ4v) is 2.28. The molecule has 92 valence electrons. The number of halogens is 3. The minimum Gasteiger partial charge on any atom is -0.454 e. The number of hydrogen-bond acceptors (Lipinski definition) is 2. The molecule has 1 aliphatic rings. The van der Waals surface area contributed by atoms with Gasteiger partial charge in [0.2, 0.25) is 6.43 Å². The van der Waals surface area contributed by atoms with Crippen LogP contribution in [0.25, 0.3) is 0 Å². The molecule has 0 amide bonds. The Balaban J connectivity index is 2.06. The number of carbonyl (C=O) groups is 1. The lowest BCUT2D eigenvalue weighted by Gasteiger charge is -2.10. The highest BCUT2D eigenvalue weighted by Crippen LogP contribution is 2.35. The zero-order valence-electron chi connectivity index (χ0n) is 8.96. The van der Waals surface area contributed by atoms with Gasteiger partial charge in [0.1, 0.15) is 6.10 Å². The molecule has 17 heavy (non-hydrogen) atoms. The van der Waals surface area contributed by atoms with Crippen molar-refractivity contribution in [1.29, 1.82) is 0 Å². The number of esters is 1. The Kier molecular flexibility index (Phi) is 3.76. The summed E-state index contributed by atoms with van der Waals surface area (Å²) in [5.41, 5.74) is 1.33. The van der Waals surface area contributed by atoms with Crippen molar-refractivity contribution in [3.05, 3.63) is 33.8 Å². The third-order valence-corrected chi connectivity index (χ3v) is 3.21. The number of benzene rings is 1. The highest BCUT2D eigenvalue weighted by Gasteiger charge is 2.30. The van der Waals surface area contributed by atoms with Crippen LogP contribution in [0.3, 0.4) is 0 Å². The molecule has 0 saturated carbocycles. The van der Waals surface area contributed by atoms with Crippen molar-refractivity contribution in [2.75, 3.05) is 0 Å². The molecule has 1 aliphatic heterocycles. The highest BCUT2D eigenvalue weighted by molar-refractivity contribution is 9.10. The monoisotopic (exact) mass is 304 g/mol. The first-order valence-corrected chi connectivity index (χ1v) is 6.16. The number of hydrogen-bond donors (Lipinski definition) is 0. The minimum atomic E-state index is -2.29. The Morgan fingerprint density at radius 2 is 2.18 bits per heavy atom. The van der Waals surface area contributed by atoms with Gasteiger partial charge in [0.15, 0.2) is 0 Å². The van der Waals surface area contributed by atoms with Crippen LogP contribution in [0.2, 0.25) is 0 Å². The van der Waals surface area contributed by atoms with Crippen molar-refractivity contribution in [3.63, 3.8) is 0 Å². The van der Waals surface area contributed by atoms with Crippen LogP contribution < -0.4 is 0 Å². The average Bonchev–Trinajstić information content (AvgIpc) is 2.55. The van der Waals surface area contributed by atoms with E-state index in [1.54, 1.807) is 12.1 Å². The van der Waals surface area contributed by atoms with Crippen LogP contribution in [0.15, 0.2) is 22.7 Å². The van der Waals surface area contributed by atoms with E-state index >= 15 is 0 Å². The molecule has 1 heterocycles. The van der Waals surface area contributed by atoms with Crippen molar-refractivity contribution in [1.82, 2.24) is 0 Å². The summed E-state index contributed by atoms with van der Waals surface area (Å²) in [4.78, 5) is 11.5. The second-order valence-corrected chi connectivity index (χ2v) is 4.86. The summed E-state index contributed by atoms with van der Waals surface area (Å²) in [5, 5.41) is 0. The third kappa shape index (κ3) is 2.83. The lowest BCUT2D eigenvalue weighted by molar-refractivity contribution is 0.0351. The molecule has 1 aromatic carbocycles. The molecule has 1 aromatic rings. The lowest BCUT2D eigenvalue weighted by Crippen LogP contribution is -2.00. The van der Waals surface area contributed by atoms with E-state index in [1.165, 1.54) is 0 Å². The van der Waals surface area contributed by atoms with E-state index in [0.717, 1.165) is 10.0 Å². The third-order valence-electron chi connectivity index (χ3n) is 2.72. The normalized spacial score (nSPS) is 18.4. The first kappa shape index (κ1) is 12.5. The van der Waals surface area contributed by atoms with Gasteiger partial charge in [-0.3, -0.25) is 0 Å². The second-order valence-electron chi connectivity index (χ2n) is 3.95. The van der Waals surface area contributed by atoms with Crippen molar-refractivity contribution < 1.29 is 18.3 Å². The van der Waals surface area contributed by atoms with E-state index in [4.69, 9.17) is 4.74 Å². The van der Waals surface area contributed by atoms with Gasteiger partial charge in [-0.1, -0.05) is 22.0 Å². The van der Waals surface area contributed by atoms with Crippen LogP contribution >= 0.6 is 15.9 Å². The maximum absolute atomic E-state index is 12.0. The molecule has 2 nitrogen and oxygen atoms in total. The van der Waals surface area contributed by atoms with E-state index in [2.05, 4.69) is 15.9 Å². The van der Waals surface area contributed by atoms with Gasteiger partial charge in [0.05, 0.1) is 5.56 Å². The average molecular weight is 305 g/mol. The minimum absolute atomic E-state index is 0.153. The van der Waals surface area contributed by atoms with E-state index in [0.29, 0.717) is 18.4 Å². The van der Waals surface area contributed by atoms with Gasteiger partial charge in [-0.2, -0.15) is 0 Å². The number of ether oxygens (including phenoxy) is 1. The van der Waals surface area contributed by atoms with Crippen molar-refractivity contribution >= 4 is 21.9 Å². The first-order valence-electron chi connectivity index (χ1n) is 5.36. The van der Waals surface area contributed by atoms with Gasteiger partial charge in [0, 0.05) is 16.5 Å². The predicted octanol–water partition coefficient (Wildman–Crippen LogP) is 4.10. The van der Waals surface area contributed by atoms with Crippen LogP contribution in [0.5, 0.6) is 0 Å².